The molecule has 0 radical (unpaired) electrons. The summed E-state index contributed by atoms with van der Waals surface area (Å²) in [5.41, 5.74) is -0.0576. The van der Waals surface area contributed by atoms with Crippen LogP contribution in [0, 0.1) is 3.57 Å². The number of carboxylic acid groups (broad SMARTS) is 1. The second-order valence-corrected chi connectivity index (χ2v) is 4.50. The van der Waals surface area contributed by atoms with Crippen molar-refractivity contribution in [2.75, 3.05) is 14.2 Å². The van der Waals surface area contributed by atoms with Crippen molar-refractivity contribution < 1.29 is 28.9 Å². The van der Waals surface area contributed by atoms with Crippen LogP contribution in [0.1, 0.15) is 10.4 Å². The van der Waals surface area contributed by atoms with E-state index in [0.717, 1.165) is 9.83 Å². The van der Waals surface area contributed by atoms with Crippen LogP contribution >= 0.6 is 22.6 Å². The second kappa shape index (κ2) is 6.98. The molecule has 0 saturated heterocycles. The van der Waals surface area contributed by atoms with Gasteiger partial charge in [0.1, 0.15) is 17.6 Å². The quantitative estimate of drug-likeness (QED) is 0.366. The third kappa shape index (κ3) is 4.12. The van der Waals surface area contributed by atoms with Gasteiger partial charge in [0.05, 0.1) is 14.2 Å². The molecule has 0 spiro atoms. The average Bonchev–Trinajstić information content (AvgIpc) is 2.38. The van der Waals surface area contributed by atoms with Gasteiger partial charge < -0.3 is 19.3 Å². The summed E-state index contributed by atoms with van der Waals surface area (Å²) in [6.45, 7) is 0. The van der Waals surface area contributed by atoms with Gasteiger partial charge in [-0.2, -0.15) is 0 Å². The lowest BCUT2D eigenvalue weighted by molar-refractivity contribution is -0.138. The fourth-order valence-electron chi connectivity index (χ4n) is 1.20. The number of hydrogen-bond donors (Lipinski definition) is 1. The normalized spacial score (nSPS) is 10.8. The van der Waals surface area contributed by atoms with Crippen LogP contribution in [0.3, 0.4) is 0 Å². The van der Waals surface area contributed by atoms with E-state index in [2.05, 4.69) is 9.47 Å². The van der Waals surface area contributed by atoms with Gasteiger partial charge in [-0.25, -0.2) is 9.59 Å². The van der Waals surface area contributed by atoms with E-state index in [-0.39, 0.29) is 17.1 Å². The molecule has 6 nitrogen and oxygen atoms in total. The Hall–Kier alpha value is -1.77. The van der Waals surface area contributed by atoms with Gasteiger partial charge in [0.25, 0.3) is 0 Å². The van der Waals surface area contributed by atoms with Crippen molar-refractivity contribution in [3.8, 4) is 5.75 Å². The Kier molecular flexibility index (Phi) is 5.61. The molecular formula is C12H11IO6. The number of hydrogen-bond acceptors (Lipinski definition) is 5. The third-order valence-electron chi connectivity index (χ3n) is 2.00. The second-order valence-electron chi connectivity index (χ2n) is 3.26. The number of rotatable bonds is 5. The first-order valence-electron chi connectivity index (χ1n) is 5.01. The smallest absolute Gasteiger partial charge is 0.377 e. The summed E-state index contributed by atoms with van der Waals surface area (Å²) >= 11 is 1.98. The maximum atomic E-state index is 11.4. The summed E-state index contributed by atoms with van der Waals surface area (Å²) in [6.07, 6.45) is 1.04. The number of halogens is 1. The molecule has 0 aliphatic heterocycles. The number of carbonyl (C=O) groups is 2. The van der Waals surface area contributed by atoms with Gasteiger partial charge in [-0.3, -0.25) is 0 Å². The minimum atomic E-state index is -1.16. The van der Waals surface area contributed by atoms with E-state index in [1.807, 2.05) is 22.6 Å². The fraction of sp³-hybridized carbons (Fsp3) is 0.167. The third-order valence-corrected chi connectivity index (χ3v) is 2.67. The van der Waals surface area contributed by atoms with Crippen LogP contribution in [0.5, 0.6) is 5.75 Å². The molecule has 7 heteroatoms. The van der Waals surface area contributed by atoms with Gasteiger partial charge in [-0.15, -0.1) is 0 Å². The minimum Gasteiger partial charge on any atom is -0.500 e. The molecule has 0 atom stereocenters. The van der Waals surface area contributed by atoms with Crippen LogP contribution < -0.4 is 4.74 Å². The predicted octanol–water partition coefficient (Wildman–Crippen LogP) is 2.03. The van der Waals surface area contributed by atoms with E-state index in [9.17, 15) is 9.59 Å². The number of carbonyl (C=O) groups excluding carboxylic acids is 1. The van der Waals surface area contributed by atoms with Crippen LogP contribution in [-0.2, 0) is 14.3 Å². The van der Waals surface area contributed by atoms with Crippen molar-refractivity contribution in [3.05, 3.63) is 39.4 Å². The summed E-state index contributed by atoms with van der Waals surface area (Å²) in [5.74, 6) is -2.14. The van der Waals surface area contributed by atoms with Crippen molar-refractivity contribution in [2.45, 2.75) is 0 Å². The van der Waals surface area contributed by atoms with Crippen molar-refractivity contribution in [1.29, 1.82) is 0 Å². The molecule has 1 N–H and O–H groups in total. The number of carboxylic acids is 1. The van der Waals surface area contributed by atoms with Crippen molar-refractivity contribution in [1.82, 2.24) is 0 Å². The molecule has 19 heavy (non-hydrogen) atoms. The summed E-state index contributed by atoms with van der Waals surface area (Å²) < 4.78 is 15.2. The number of ether oxygens (including phenoxy) is 3. The fourth-order valence-corrected chi connectivity index (χ4v) is 1.69. The minimum absolute atomic E-state index is 0.0293. The zero-order chi connectivity index (χ0) is 14.4. The Balaban J connectivity index is 3.13. The average molecular weight is 378 g/mol. The molecule has 0 aliphatic rings. The first-order valence-corrected chi connectivity index (χ1v) is 6.09. The standard InChI is InChI=1S/C12H11IO6/c1-17-6-10(12(16)18-2)19-9-4-3-7(13)5-8(9)11(14)15/h3-6H,1-2H3,(H,14,15). The van der Waals surface area contributed by atoms with Gasteiger partial charge in [-0.05, 0) is 40.8 Å². The molecule has 1 aromatic carbocycles. The predicted molar refractivity (Wildman–Crippen MR) is 73.9 cm³/mol. The van der Waals surface area contributed by atoms with Gasteiger partial charge in [0.15, 0.2) is 0 Å². The molecule has 0 saturated carbocycles. The van der Waals surface area contributed by atoms with Crippen LogP contribution in [0.4, 0.5) is 0 Å². The van der Waals surface area contributed by atoms with Crippen LogP contribution in [0.25, 0.3) is 0 Å². The van der Waals surface area contributed by atoms with E-state index >= 15 is 0 Å². The summed E-state index contributed by atoms with van der Waals surface area (Å²) in [4.78, 5) is 22.5. The van der Waals surface area contributed by atoms with Gasteiger partial charge in [0.2, 0.25) is 5.76 Å². The highest BCUT2D eigenvalue weighted by Gasteiger charge is 2.18. The Bertz CT molecular complexity index is 523. The topological polar surface area (TPSA) is 82.1 Å². The number of methoxy groups -OCH3 is 2. The van der Waals surface area contributed by atoms with Crippen molar-refractivity contribution in [2.24, 2.45) is 0 Å². The number of aromatic carboxylic acids is 1. The van der Waals surface area contributed by atoms with E-state index < -0.39 is 11.9 Å². The summed E-state index contributed by atoms with van der Waals surface area (Å²) in [7, 11) is 2.51. The Labute approximate surface area is 123 Å². The first-order chi connectivity index (χ1) is 8.99. The van der Waals surface area contributed by atoms with E-state index in [4.69, 9.17) is 9.84 Å². The van der Waals surface area contributed by atoms with E-state index in [1.54, 1.807) is 6.07 Å². The number of benzene rings is 1. The highest BCUT2D eigenvalue weighted by atomic mass is 127. The molecule has 102 valence electrons. The van der Waals surface area contributed by atoms with Crippen molar-refractivity contribution in [3.63, 3.8) is 0 Å². The van der Waals surface area contributed by atoms with Crippen molar-refractivity contribution >= 4 is 34.5 Å². The maximum absolute atomic E-state index is 11.4. The first kappa shape index (κ1) is 15.3. The largest absolute Gasteiger partial charge is 0.500 e. The number of esters is 1. The Morgan fingerprint density at radius 3 is 2.53 bits per heavy atom. The van der Waals surface area contributed by atoms with E-state index in [0.29, 0.717) is 0 Å². The van der Waals surface area contributed by atoms with Crippen LogP contribution in [-0.4, -0.2) is 31.3 Å². The molecule has 0 aromatic heterocycles. The summed E-state index contributed by atoms with van der Waals surface area (Å²) in [5, 5.41) is 9.08. The van der Waals surface area contributed by atoms with E-state index in [1.165, 1.54) is 26.4 Å². The molecule has 0 aliphatic carbocycles. The summed E-state index contributed by atoms with van der Waals surface area (Å²) in [6, 6.07) is 4.54. The Morgan fingerprint density at radius 2 is 2.00 bits per heavy atom. The van der Waals surface area contributed by atoms with Gasteiger partial charge in [0, 0.05) is 3.57 Å². The molecule has 1 aromatic rings. The highest BCUT2D eigenvalue weighted by Crippen LogP contribution is 2.23. The molecule has 0 heterocycles. The van der Waals surface area contributed by atoms with Gasteiger partial charge in [-0.1, -0.05) is 0 Å². The van der Waals surface area contributed by atoms with Crippen LogP contribution in [0.2, 0.25) is 0 Å². The Morgan fingerprint density at radius 1 is 1.32 bits per heavy atom. The van der Waals surface area contributed by atoms with Gasteiger partial charge >= 0.3 is 11.9 Å². The molecule has 0 unspecified atom stereocenters. The SMILES string of the molecule is COC=C(Oc1ccc(I)cc1C(=O)O)C(=O)OC. The van der Waals surface area contributed by atoms with Crippen LogP contribution in [0.15, 0.2) is 30.2 Å². The molecular weight excluding hydrogens is 367 g/mol. The zero-order valence-corrected chi connectivity index (χ0v) is 12.3. The molecule has 0 amide bonds. The monoisotopic (exact) mass is 378 g/mol. The highest BCUT2D eigenvalue weighted by molar-refractivity contribution is 14.1. The molecule has 0 bridgehead atoms. The lowest BCUT2D eigenvalue weighted by atomic mass is 10.2. The maximum Gasteiger partial charge on any atom is 0.377 e. The molecule has 0 fully saturated rings. The lowest BCUT2D eigenvalue weighted by Crippen LogP contribution is -2.13. The lowest BCUT2D eigenvalue weighted by Gasteiger charge is -2.10. The zero-order valence-electron chi connectivity index (χ0n) is 10.2. The molecule has 1 rings (SSSR count).